The first-order valence-electron chi connectivity index (χ1n) is 10.4. The van der Waals surface area contributed by atoms with Crippen molar-refractivity contribution in [2.75, 3.05) is 0 Å². The highest BCUT2D eigenvalue weighted by Crippen LogP contribution is 2.48. The van der Waals surface area contributed by atoms with Gasteiger partial charge in [-0.15, -0.1) is 18.3 Å². The van der Waals surface area contributed by atoms with Crippen LogP contribution in [-0.4, -0.2) is 37.0 Å². The van der Waals surface area contributed by atoms with Gasteiger partial charge in [0, 0.05) is 5.56 Å². The standard InChI is InChI=1S/C22H20F3N7O2/c1-12-9-28-18(10-27-12)32-19(30-14(3)31-32)13(2)29-20(33)15-6-16(21(11-26)4-5-21)8-17(7-15)34-22(23,24)25/h6-10,13H,4-5H2,1-3H3,(H,29,33)/t13-/m0/s1. The minimum atomic E-state index is -4.94. The lowest BCUT2D eigenvalue weighted by atomic mass is 9.95. The summed E-state index contributed by atoms with van der Waals surface area (Å²) in [6, 6.07) is 5.01. The van der Waals surface area contributed by atoms with Crippen LogP contribution in [0.4, 0.5) is 13.2 Å². The van der Waals surface area contributed by atoms with Gasteiger partial charge in [-0.05, 0) is 57.4 Å². The van der Waals surface area contributed by atoms with Gasteiger partial charge in [0.15, 0.2) is 11.6 Å². The van der Waals surface area contributed by atoms with Crippen LogP contribution in [0.25, 0.3) is 5.82 Å². The molecule has 0 aliphatic heterocycles. The number of alkyl halides is 3. The van der Waals surface area contributed by atoms with Gasteiger partial charge >= 0.3 is 6.36 Å². The van der Waals surface area contributed by atoms with Gasteiger partial charge in [0.2, 0.25) is 0 Å². The van der Waals surface area contributed by atoms with E-state index in [9.17, 15) is 23.2 Å². The monoisotopic (exact) mass is 471 g/mol. The molecule has 1 saturated carbocycles. The Kier molecular flexibility index (Phi) is 5.72. The smallest absolute Gasteiger partial charge is 0.406 e. The van der Waals surface area contributed by atoms with Crippen LogP contribution in [0.5, 0.6) is 5.75 Å². The summed E-state index contributed by atoms with van der Waals surface area (Å²) in [5, 5.41) is 16.5. The molecule has 176 valence electrons. The van der Waals surface area contributed by atoms with Gasteiger partial charge in [-0.1, -0.05) is 0 Å². The molecule has 0 unspecified atom stereocenters. The Labute approximate surface area is 192 Å². The number of amides is 1. The van der Waals surface area contributed by atoms with Crippen molar-refractivity contribution in [2.24, 2.45) is 0 Å². The number of nitriles is 1. The average molecular weight is 471 g/mol. The topological polar surface area (TPSA) is 119 Å². The summed E-state index contributed by atoms with van der Waals surface area (Å²) in [4.78, 5) is 25.8. The number of aryl methyl sites for hydroxylation is 2. The third-order valence-corrected chi connectivity index (χ3v) is 5.38. The number of hydrogen-bond acceptors (Lipinski definition) is 7. The molecule has 34 heavy (non-hydrogen) atoms. The molecule has 0 bridgehead atoms. The third-order valence-electron chi connectivity index (χ3n) is 5.38. The van der Waals surface area contributed by atoms with Crippen LogP contribution in [-0.2, 0) is 5.41 Å². The van der Waals surface area contributed by atoms with Crippen LogP contribution < -0.4 is 10.1 Å². The van der Waals surface area contributed by atoms with Crippen molar-refractivity contribution in [1.29, 1.82) is 5.26 Å². The maximum absolute atomic E-state index is 13.0. The molecule has 1 atom stereocenters. The first kappa shape index (κ1) is 23.2. The highest BCUT2D eigenvalue weighted by molar-refractivity contribution is 5.95. The Hall–Kier alpha value is -4.01. The second-order valence-corrected chi connectivity index (χ2v) is 8.13. The van der Waals surface area contributed by atoms with Gasteiger partial charge in [0.25, 0.3) is 5.91 Å². The molecule has 12 heteroatoms. The van der Waals surface area contributed by atoms with Gasteiger partial charge in [0.05, 0.1) is 35.6 Å². The number of benzene rings is 1. The Morgan fingerprint density at radius 1 is 1.24 bits per heavy atom. The summed E-state index contributed by atoms with van der Waals surface area (Å²) in [7, 11) is 0. The van der Waals surface area contributed by atoms with E-state index in [-0.39, 0.29) is 5.56 Å². The Bertz CT molecular complexity index is 1280. The van der Waals surface area contributed by atoms with Gasteiger partial charge in [-0.3, -0.25) is 9.78 Å². The van der Waals surface area contributed by atoms with E-state index in [4.69, 9.17) is 0 Å². The van der Waals surface area contributed by atoms with Gasteiger partial charge in [-0.2, -0.15) is 9.94 Å². The van der Waals surface area contributed by atoms with Crippen molar-refractivity contribution in [3.63, 3.8) is 0 Å². The molecular formula is C22H20F3N7O2. The number of aromatic nitrogens is 5. The number of carbonyl (C=O) groups is 1. The predicted molar refractivity (Wildman–Crippen MR) is 112 cm³/mol. The van der Waals surface area contributed by atoms with Crippen molar-refractivity contribution >= 4 is 5.91 Å². The fourth-order valence-electron chi connectivity index (χ4n) is 3.51. The highest BCUT2D eigenvalue weighted by atomic mass is 19.4. The SMILES string of the molecule is Cc1cnc(-n2nc(C)nc2[C@H](C)NC(=O)c2cc(OC(F)(F)F)cc(C3(C#N)CC3)c2)cn1. The summed E-state index contributed by atoms with van der Waals surface area (Å²) < 4.78 is 44.0. The Morgan fingerprint density at radius 3 is 2.56 bits per heavy atom. The number of rotatable bonds is 6. The molecule has 0 spiro atoms. The van der Waals surface area contributed by atoms with Crippen LogP contribution in [0, 0.1) is 25.2 Å². The number of halogens is 3. The summed E-state index contributed by atoms with van der Waals surface area (Å²) in [6.07, 6.45) is -0.864. The fraction of sp³-hybridized carbons (Fsp3) is 0.364. The fourth-order valence-corrected chi connectivity index (χ4v) is 3.51. The van der Waals surface area contributed by atoms with Gasteiger partial charge in [0.1, 0.15) is 11.6 Å². The first-order valence-corrected chi connectivity index (χ1v) is 10.4. The van der Waals surface area contributed by atoms with Crippen LogP contribution in [0.1, 0.15) is 59.1 Å². The largest absolute Gasteiger partial charge is 0.573 e. The minimum absolute atomic E-state index is 0.0666. The van der Waals surface area contributed by atoms with Crippen molar-refractivity contribution in [3.05, 3.63) is 59.1 Å². The third kappa shape index (κ3) is 4.83. The van der Waals surface area contributed by atoms with Crippen molar-refractivity contribution in [3.8, 4) is 17.6 Å². The highest BCUT2D eigenvalue weighted by Gasteiger charge is 2.46. The summed E-state index contributed by atoms with van der Waals surface area (Å²) in [5.74, 6) is -0.0147. The van der Waals surface area contributed by atoms with E-state index in [0.717, 1.165) is 12.1 Å². The molecule has 0 radical (unpaired) electrons. The van der Waals surface area contributed by atoms with E-state index in [1.54, 1.807) is 27.0 Å². The van der Waals surface area contributed by atoms with Crippen LogP contribution in [0.3, 0.4) is 0 Å². The van der Waals surface area contributed by atoms with Gasteiger partial charge in [-0.25, -0.2) is 9.97 Å². The molecule has 2 heterocycles. The zero-order valence-corrected chi connectivity index (χ0v) is 18.5. The lowest BCUT2D eigenvalue weighted by Crippen LogP contribution is -2.29. The minimum Gasteiger partial charge on any atom is -0.406 e. The summed E-state index contributed by atoms with van der Waals surface area (Å²) in [5.41, 5.74) is 0.0464. The maximum Gasteiger partial charge on any atom is 0.573 e. The van der Waals surface area contributed by atoms with Gasteiger partial charge < -0.3 is 10.1 Å². The van der Waals surface area contributed by atoms with E-state index in [1.807, 2.05) is 0 Å². The zero-order valence-electron chi connectivity index (χ0n) is 18.5. The molecule has 9 nitrogen and oxygen atoms in total. The van der Waals surface area contributed by atoms with E-state index in [0.29, 0.717) is 41.6 Å². The van der Waals surface area contributed by atoms with Crippen LogP contribution in [0.2, 0.25) is 0 Å². The lowest BCUT2D eigenvalue weighted by Gasteiger charge is -2.17. The maximum atomic E-state index is 13.0. The number of hydrogen-bond donors (Lipinski definition) is 1. The van der Waals surface area contributed by atoms with Crippen molar-refractivity contribution in [2.45, 2.75) is 51.4 Å². The molecule has 1 fully saturated rings. The number of nitrogens with zero attached hydrogens (tertiary/aromatic N) is 6. The molecule has 1 amide bonds. The van der Waals surface area contributed by atoms with Crippen molar-refractivity contribution < 1.29 is 22.7 Å². The molecule has 2 aromatic heterocycles. The number of nitrogens with one attached hydrogen (secondary N) is 1. The molecule has 1 aliphatic carbocycles. The molecular weight excluding hydrogens is 451 g/mol. The van der Waals surface area contributed by atoms with E-state index in [1.165, 1.54) is 16.9 Å². The first-order chi connectivity index (χ1) is 16.0. The lowest BCUT2D eigenvalue weighted by molar-refractivity contribution is -0.274. The summed E-state index contributed by atoms with van der Waals surface area (Å²) >= 11 is 0. The van der Waals surface area contributed by atoms with E-state index in [2.05, 4.69) is 36.2 Å². The second kappa shape index (κ2) is 8.40. The summed E-state index contributed by atoms with van der Waals surface area (Å²) in [6.45, 7) is 5.13. The Balaban J connectivity index is 1.63. The normalized spacial score (nSPS) is 15.3. The Morgan fingerprint density at radius 2 is 1.97 bits per heavy atom. The molecule has 1 aliphatic rings. The molecule has 3 aromatic rings. The second-order valence-electron chi connectivity index (χ2n) is 8.13. The van der Waals surface area contributed by atoms with E-state index < -0.39 is 29.5 Å². The molecule has 1 N–H and O–H groups in total. The number of carbonyl (C=O) groups excluding carboxylic acids is 1. The van der Waals surface area contributed by atoms with Crippen LogP contribution >= 0.6 is 0 Å². The van der Waals surface area contributed by atoms with Crippen LogP contribution in [0.15, 0.2) is 30.6 Å². The molecule has 0 saturated heterocycles. The zero-order chi connectivity index (χ0) is 24.7. The molecule has 4 rings (SSSR count). The predicted octanol–water partition coefficient (Wildman–Crippen LogP) is 3.62. The van der Waals surface area contributed by atoms with E-state index >= 15 is 0 Å². The average Bonchev–Trinajstić information content (AvgIpc) is 3.48. The quantitative estimate of drug-likeness (QED) is 0.583. The molecule has 1 aromatic carbocycles. The number of ether oxygens (including phenoxy) is 1. The van der Waals surface area contributed by atoms with Crippen molar-refractivity contribution in [1.82, 2.24) is 30.0 Å².